The third kappa shape index (κ3) is 6.67. The fourth-order valence-corrected chi connectivity index (χ4v) is 3.36. The molecular formula is C19H36N6. The molecule has 2 rings (SSSR count). The first-order valence-electron chi connectivity index (χ1n) is 9.98. The van der Waals surface area contributed by atoms with Crippen molar-refractivity contribution in [2.75, 3.05) is 13.6 Å². The summed E-state index contributed by atoms with van der Waals surface area (Å²) in [5.74, 6) is 3.93. The molecule has 2 N–H and O–H groups in total. The fraction of sp³-hybridized carbons (Fsp3) is 0.842. The van der Waals surface area contributed by atoms with Crippen LogP contribution in [0.3, 0.4) is 0 Å². The first-order chi connectivity index (χ1) is 12.1. The molecule has 1 unspecified atom stereocenters. The van der Waals surface area contributed by atoms with Crippen molar-refractivity contribution in [1.29, 1.82) is 0 Å². The van der Waals surface area contributed by atoms with Gasteiger partial charge in [-0.2, -0.15) is 0 Å². The Kier molecular flexibility index (Phi) is 8.22. The van der Waals surface area contributed by atoms with Crippen LogP contribution in [-0.4, -0.2) is 40.4 Å². The molecule has 1 atom stereocenters. The van der Waals surface area contributed by atoms with E-state index in [4.69, 9.17) is 0 Å². The minimum absolute atomic E-state index is 0.439. The second kappa shape index (κ2) is 10.4. The summed E-state index contributed by atoms with van der Waals surface area (Å²) in [6.07, 6.45) is 9.45. The van der Waals surface area contributed by atoms with Crippen LogP contribution in [0.4, 0.5) is 0 Å². The summed E-state index contributed by atoms with van der Waals surface area (Å²) in [6.45, 7) is 8.69. The van der Waals surface area contributed by atoms with Gasteiger partial charge in [-0.1, -0.05) is 33.1 Å². The van der Waals surface area contributed by atoms with Crippen molar-refractivity contribution in [2.45, 2.75) is 84.7 Å². The van der Waals surface area contributed by atoms with E-state index in [0.717, 1.165) is 49.5 Å². The molecule has 0 saturated carbocycles. The van der Waals surface area contributed by atoms with Gasteiger partial charge in [0.1, 0.15) is 11.6 Å². The molecular weight excluding hydrogens is 312 g/mol. The van der Waals surface area contributed by atoms with Crippen LogP contribution in [0.2, 0.25) is 0 Å². The molecule has 1 aromatic rings. The van der Waals surface area contributed by atoms with E-state index in [1.54, 1.807) is 0 Å². The quantitative estimate of drug-likeness (QED) is 0.560. The fourth-order valence-electron chi connectivity index (χ4n) is 3.36. The monoisotopic (exact) mass is 348 g/mol. The standard InChI is InChI=1S/C19H36N6/c1-15(2)9-8-10-16(3)22-19(20-4)21-13-12-18-24-23-17-11-6-5-7-14-25(17)18/h15-16H,5-14H2,1-4H3,(H2,20,21,22). The number of guanidine groups is 1. The third-order valence-electron chi connectivity index (χ3n) is 4.85. The van der Waals surface area contributed by atoms with E-state index in [2.05, 4.69) is 51.2 Å². The highest BCUT2D eigenvalue weighted by atomic mass is 15.3. The summed E-state index contributed by atoms with van der Waals surface area (Å²) in [7, 11) is 1.83. The highest BCUT2D eigenvalue weighted by molar-refractivity contribution is 5.79. The Morgan fingerprint density at radius 3 is 2.76 bits per heavy atom. The number of hydrogen-bond donors (Lipinski definition) is 2. The molecule has 0 spiro atoms. The van der Waals surface area contributed by atoms with Gasteiger partial charge in [0.25, 0.3) is 0 Å². The number of aliphatic imine (C=N–C) groups is 1. The van der Waals surface area contributed by atoms with Crippen molar-refractivity contribution in [3.63, 3.8) is 0 Å². The van der Waals surface area contributed by atoms with Crippen LogP contribution in [0.25, 0.3) is 0 Å². The highest BCUT2D eigenvalue weighted by Crippen LogP contribution is 2.14. The minimum Gasteiger partial charge on any atom is -0.356 e. The molecule has 1 aliphatic heterocycles. The lowest BCUT2D eigenvalue weighted by atomic mass is 10.0. The summed E-state index contributed by atoms with van der Waals surface area (Å²) >= 11 is 0. The van der Waals surface area contributed by atoms with Gasteiger partial charge < -0.3 is 15.2 Å². The normalized spacial score (nSPS) is 16.4. The molecule has 0 bridgehead atoms. The molecule has 6 nitrogen and oxygen atoms in total. The van der Waals surface area contributed by atoms with Crippen LogP contribution in [-0.2, 0) is 19.4 Å². The molecule has 0 aliphatic carbocycles. The van der Waals surface area contributed by atoms with Crippen molar-refractivity contribution in [2.24, 2.45) is 10.9 Å². The summed E-state index contributed by atoms with van der Waals surface area (Å²) in [5, 5.41) is 15.7. The van der Waals surface area contributed by atoms with Crippen LogP contribution in [0.1, 0.15) is 70.9 Å². The maximum Gasteiger partial charge on any atom is 0.191 e. The molecule has 1 aliphatic rings. The molecule has 1 aromatic heterocycles. The van der Waals surface area contributed by atoms with E-state index in [1.165, 1.54) is 38.5 Å². The zero-order valence-corrected chi connectivity index (χ0v) is 16.5. The lowest BCUT2D eigenvalue weighted by Gasteiger charge is -2.18. The average molecular weight is 349 g/mol. The van der Waals surface area contributed by atoms with Crippen molar-refractivity contribution in [3.8, 4) is 0 Å². The van der Waals surface area contributed by atoms with E-state index in [9.17, 15) is 0 Å². The van der Waals surface area contributed by atoms with Gasteiger partial charge in [-0.3, -0.25) is 4.99 Å². The lowest BCUT2D eigenvalue weighted by molar-refractivity contribution is 0.491. The van der Waals surface area contributed by atoms with Crippen LogP contribution in [0, 0.1) is 5.92 Å². The molecule has 6 heteroatoms. The van der Waals surface area contributed by atoms with E-state index >= 15 is 0 Å². The highest BCUT2D eigenvalue weighted by Gasteiger charge is 2.14. The smallest absolute Gasteiger partial charge is 0.191 e. The Morgan fingerprint density at radius 2 is 2.00 bits per heavy atom. The molecule has 0 amide bonds. The average Bonchev–Trinajstić information content (AvgIpc) is 2.80. The third-order valence-corrected chi connectivity index (χ3v) is 4.85. The summed E-state index contributed by atoms with van der Waals surface area (Å²) < 4.78 is 2.32. The number of aromatic nitrogens is 3. The van der Waals surface area contributed by atoms with E-state index < -0.39 is 0 Å². The van der Waals surface area contributed by atoms with Crippen LogP contribution in [0.5, 0.6) is 0 Å². The summed E-state index contributed by atoms with van der Waals surface area (Å²) in [5.41, 5.74) is 0. The number of fused-ring (bicyclic) bond motifs is 1. The van der Waals surface area contributed by atoms with Gasteiger partial charge in [-0.15, -0.1) is 10.2 Å². The lowest BCUT2D eigenvalue weighted by Crippen LogP contribution is -2.43. The first kappa shape index (κ1) is 19.7. The second-order valence-corrected chi connectivity index (χ2v) is 7.61. The van der Waals surface area contributed by atoms with Gasteiger partial charge in [0, 0.05) is 39.0 Å². The topological polar surface area (TPSA) is 67.1 Å². The number of nitrogens with one attached hydrogen (secondary N) is 2. The molecule has 0 radical (unpaired) electrons. The minimum atomic E-state index is 0.439. The predicted octanol–water partition coefficient (Wildman–Crippen LogP) is 2.93. The first-order valence-corrected chi connectivity index (χ1v) is 9.98. The number of hydrogen-bond acceptors (Lipinski definition) is 3. The molecule has 0 fully saturated rings. The molecule has 2 heterocycles. The van der Waals surface area contributed by atoms with Gasteiger partial charge >= 0.3 is 0 Å². The molecule has 25 heavy (non-hydrogen) atoms. The maximum absolute atomic E-state index is 4.39. The van der Waals surface area contributed by atoms with Crippen LogP contribution >= 0.6 is 0 Å². The van der Waals surface area contributed by atoms with E-state index in [0.29, 0.717) is 6.04 Å². The predicted molar refractivity (Wildman–Crippen MR) is 104 cm³/mol. The van der Waals surface area contributed by atoms with Gasteiger partial charge in [0.05, 0.1) is 0 Å². The molecule has 0 saturated heterocycles. The molecule has 142 valence electrons. The summed E-state index contributed by atoms with van der Waals surface area (Å²) in [4.78, 5) is 4.34. The Labute approximate surface area is 152 Å². The SMILES string of the molecule is CN=C(NCCc1nnc2n1CCCCC2)NC(C)CCCC(C)C. The Hall–Kier alpha value is -1.59. The van der Waals surface area contributed by atoms with Crippen molar-refractivity contribution in [3.05, 3.63) is 11.6 Å². The zero-order chi connectivity index (χ0) is 18.1. The van der Waals surface area contributed by atoms with E-state index in [-0.39, 0.29) is 0 Å². The molecule has 0 aromatic carbocycles. The Bertz CT molecular complexity index is 534. The van der Waals surface area contributed by atoms with E-state index in [1.807, 2.05) is 7.05 Å². The van der Waals surface area contributed by atoms with Gasteiger partial charge in [0.2, 0.25) is 0 Å². The Balaban J connectivity index is 1.73. The van der Waals surface area contributed by atoms with Crippen LogP contribution in [0.15, 0.2) is 4.99 Å². The van der Waals surface area contributed by atoms with Gasteiger partial charge in [-0.05, 0) is 32.1 Å². The van der Waals surface area contributed by atoms with Crippen molar-refractivity contribution >= 4 is 5.96 Å². The second-order valence-electron chi connectivity index (χ2n) is 7.61. The van der Waals surface area contributed by atoms with Crippen LogP contribution < -0.4 is 10.6 Å². The number of nitrogens with zero attached hydrogens (tertiary/aromatic N) is 4. The summed E-state index contributed by atoms with van der Waals surface area (Å²) in [6, 6.07) is 0.439. The number of rotatable bonds is 8. The number of aryl methyl sites for hydroxylation is 1. The Morgan fingerprint density at radius 1 is 1.16 bits per heavy atom. The largest absolute Gasteiger partial charge is 0.356 e. The van der Waals surface area contributed by atoms with Crippen molar-refractivity contribution < 1.29 is 0 Å². The zero-order valence-electron chi connectivity index (χ0n) is 16.5. The van der Waals surface area contributed by atoms with Gasteiger partial charge in [0.15, 0.2) is 5.96 Å². The van der Waals surface area contributed by atoms with Crippen molar-refractivity contribution in [1.82, 2.24) is 25.4 Å². The maximum atomic E-state index is 4.39. The van der Waals surface area contributed by atoms with Gasteiger partial charge in [-0.25, -0.2) is 0 Å².